The van der Waals surface area contributed by atoms with Crippen LogP contribution in [-0.2, 0) is 6.54 Å². The third-order valence-electron chi connectivity index (χ3n) is 6.34. The molecule has 1 heterocycles. The van der Waals surface area contributed by atoms with Crippen molar-refractivity contribution >= 4 is 23.8 Å². The van der Waals surface area contributed by atoms with E-state index in [0.717, 1.165) is 11.1 Å². The number of methoxy groups -OCH3 is 4. The van der Waals surface area contributed by atoms with Crippen molar-refractivity contribution in [2.45, 2.75) is 32.4 Å². The van der Waals surface area contributed by atoms with E-state index in [2.05, 4.69) is 27.2 Å². The van der Waals surface area contributed by atoms with Crippen molar-refractivity contribution in [1.29, 1.82) is 0 Å². The first-order valence-corrected chi connectivity index (χ1v) is 13.0. The van der Waals surface area contributed by atoms with Crippen LogP contribution in [0.2, 0.25) is 0 Å². The average Bonchev–Trinajstić information content (AvgIpc) is 2.99. The Morgan fingerprint density at radius 2 is 1.66 bits per heavy atom. The number of nitrogens with zero attached hydrogens (tertiary/aromatic N) is 2. The summed E-state index contributed by atoms with van der Waals surface area (Å²) < 4.78 is 21.4. The molecule has 0 fully saturated rings. The number of amides is 2. The van der Waals surface area contributed by atoms with Gasteiger partial charge in [0.2, 0.25) is 5.75 Å². The smallest absolute Gasteiger partial charge is 0.253 e. The number of benzene rings is 2. The monoisotopic (exact) mass is 560 g/mol. The number of carbonyl (C=O) groups excluding carboxylic acids is 2. The number of hydrogen-bond acceptors (Lipinski definition) is 8. The van der Waals surface area contributed by atoms with E-state index in [1.54, 1.807) is 55.8 Å². The Hall–Kier alpha value is -4.86. The number of carbonyl (C=O) groups is 2. The lowest BCUT2D eigenvalue weighted by atomic mass is 10.1. The van der Waals surface area contributed by atoms with Gasteiger partial charge >= 0.3 is 0 Å². The lowest BCUT2D eigenvalue weighted by Crippen LogP contribution is -2.35. The second-order valence-corrected chi connectivity index (χ2v) is 9.00. The van der Waals surface area contributed by atoms with E-state index in [9.17, 15) is 9.59 Å². The standard InChI is InChI=1S/C31H36N4O6/c1-7-9-23(35-31(37)24-10-8-11-25(38-3)20(24)2)14-15-32-28-13-12-22(19-33-28)30(36)34-18-21-16-26(39-4)29(41-6)27(17-21)40-5/h7-8,10-13,15-17,19,23H,1,9,14,18H2,2-6H3,(H,34,36)(H,35,37). The Bertz CT molecular complexity index is 1360. The molecule has 0 bridgehead atoms. The molecule has 0 saturated carbocycles. The zero-order valence-corrected chi connectivity index (χ0v) is 24.0. The number of pyridine rings is 1. The molecule has 10 heteroatoms. The molecule has 0 aliphatic carbocycles. The molecule has 2 amide bonds. The van der Waals surface area contributed by atoms with Gasteiger partial charge in [-0.25, -0.2) is 9.98 Å². The molecular weight excluding hydrogens is 524 g/mol. The van der Waals surface area contributed by atoms with Crippen LogP contribution in [0, 0.1) is 6.92 Å². The summed E-state index contributed by atoms with van der Waals surface area (Å²) in [4.78, 5) is 34.2. The Morgan fingerprint density at radius 3 is 2.24 bits per heavy atom. The predicted molar refractivity (Wildman–Crippen MR) is 158 cm³/mol. The maximum absolute atomic E-state index is 12.9. The van der Waals surface area contributed by atoms with Crippen molar-refractivity contribution in [2.24, 2.45) is 4.99 Å². The molecule has 10 nitrogen and oxygen atoms in total. The number of rotatable bonds is 14. The molecule has 0 radical (unpaired) electrons. The third-order valence-corrected chi connectivity index (χ3v) is 6.34. The molecule has 3 aromatic rings. The highest BCUT2D eigenvalue weighted by atomic mass is 16.5. The Labute approximate surface area is 240 Å². The average molecular weight is 561 g/mol. The SMILES string of the molecule is C=CCC(CC=Nc1ccc(C(=O)NCc2cc(OC)c(OC)c(OC)c2)cn1)NC(=O)c1cccc(OC)c1C. The Balaban J connectivity index is 1.58. The maximum Gasteiger partial charge on any atom is 0.253 e. The summed E-state index contributed by atoms with van der Waals surface area (Å²) in [5.41, 5.74) is 2.50. The second-order valence-electron chi connectivity index (χ2n) is 9.00. The van der Waals surface area contributed by atoms with E-state index in [1.807, 2.05) is 13.0 Å². The molecule has 1 unspecified atom stereocenters. The van der Waals surface area contributed by atoms with Gasteiger partial charge in [-0.2, -0.15) is 0 Å². The molecule has 1 aromatic heterocycles. The molecule has 0 aliphatic heterocycles. The topological polar surface area (TPSA) is 120 Å². The third kappa shape index (κ3) is 8.07. The van der Waals surface area contributed by atoms with Crippen LogP contribution in [0.15, 0.2) is 66.3 Å². The summed E-state index contributed by atoms with van der Waals surface area (Å²) in [6.45, 7) is 5.89. The van der Waals surface area contributed by atoms with E-state index in [1.165, 1.54) is 27.5 Å². The number of nitrogens with one attached hydrogen (secondary N) is 2. The molecule has 2 N–H and O–H groups in total. The van der Waals surface area contributed by atoms with Gasteiger partial charge in [-0.3, -0.25) is 9.59 Å². The van der Waals surface area contributed by atoms with Gasteiger partial charge in [0.15, 0.2) is 17.3 Å². The summed E-state index contributed by atoms with van der Waals surface area (Å²) >= 11 is 0. The first kappa shape index (κ1) is 30.7. The molecule has 0 spiro atoms. The fraction of sp³-hybridized carbons (Fsp3) is 0.290. The lowest BCUT2D eigenvalue weighted by molar-refractivity contribution is 0.0933. The minimum absolute atomic E-state index is 0.193. The van der Waals surface area contributed by atoms with Crippen molar-refractivity contribution in [2.75, 3.05) is 28.4 Å². The molecule has 0 aliphatic rings. The Kier molecular flexibility index (Phi) is 11.3. The number of aliphatic imine (C=N–C) groups is 1. The van der Waals surface area contributed by atoms with Crippen molar-refractivity contribution < 1.29 is 28.5 Å². The highest BCUT2D eigenvalue weighted by Gasteiger charge is 2.16. The number of aromatic nitrogens is 1. The molecule has 41 heavy (non-hydrogen) atoms. The minimum Gasteiger partial charge on any atom is -0.496 e. The summed E-state index contributed by atoms with van der Waals surface area (Å²) in [5.74, 6) is 2.11. The van der Waals surface area contributed by atoms with Crippen molar-refractivity contribution in [3.8, 4) is 23.0 Å². The van der Waals surface area contributed by atoms with Crippen molar-refractivity contribution in [1.82, 2.24) is 15.6 Å². The van der Waals surface area contributed by atoms with E-state index in [0.29, 0.717) is 52.8 Å². The van der Waals surface area contributed by atoms with Crippen LogP contribution in [0.1, 0.15) is 44.7 Å². The molecule has 3 rings (SSSR count). The van der Waals surface area contributed by atoms with Gasteiger partial charge in [0, 0.05) is 42.5 Å². The fourth-order valence-corrected chi connectivity index (χ4v) is 4.15. The summed E-state index contributed by atoms with van der Waals surface area (Å²) in [7, 11) is 6.18. The Morgan fingerprint density at radius 1 is 0.951 bits per heavy atom. The quantitative estimate of drug-likeness (QED) is 0.214. The van der Waals surface area contributed by atoms with Gasteiger partial charge in [-0.05, 0) is 55.3 Å². The summed E-state index contributed by atoms with van der Waals surface area (Å²) in [5, 5.41) is 5.89. The van der Waals surface area contributed by atoms with Gasteiger partial charge in [0.25, 0.3) is 11.8 Å². The van der Waals surface area contributed by atoms with Crippen LogP contribution in [0.5, 0.6) is 23.0 Å². The first-order valence-electron chi connectivity index (χ1n) is 13.0. The number of hydrogen-bond donors (Lipinski definition) is 2. The number of ether oxygens (including phenoxy) is 4. The molecule has 2 aromatic carbocycles. The zero-order chi connectivity index (χ0) is 29.8. The molecule has 216 valence electrons. The van der Waals surface area contributed by atoms with Crippen LogP contribution in [0.3, 0.4) is 0 Å². The molecule has 0 saturated heterocycles. The van der Waals surface area contributed by atoms with Crippen molar-refractivity contribution in [3.63, 3.8) is 0 Å². The van der Waals surface area contributed by atoms with Crippen LogP contribution < -0.4 is 29.6 Å². The van der Waals surface area contributed by atoms with Crippen molar-refractivity contribution in [3.05, 3.63) is 83.6 Å². The largest absolute Gasteiger partial charge is 0.496 e. The predicted octanol–water partition coefficient (Wildman–Crippen LogP) is 4.82. The van der Waals surface area contributed by atoms with Crippen LogP contribution in [0.4, 0.5) is 5.82 Å². The van der Waals surface area contributed by atoms with E-state index >= 15 is 0 Å². The zero-order valence-electron chi connectivity index (χ0n) is 24.0. The molecule has 1 atom stereocenters. The van der Waals surface area contributed by atoms with E-state index in [4.69, 9.17) is 18.9 Å². The van der Waals surface area contributed by atoms with Crippen LogP contribution >= 0.6 is 0 Å². The van der Waals surface area contributed by atoms with Gasteiger partial charge in [-0.1, -0.05) is 12.1 Å². The minimum atomic E-state index is -0.289. The second kappa shape index (κ2) is 15.1. The summed E-state index contributed by atoms with van der Waals surface area (Å²) in [6, 6.07) is 12.0. The normalized spacial score (nSPS) is 11.4. The highest BCUT2D eigenvalue weighted by molar-refractivity contribution is 5.96. The first-order chi connectivity index (χ1) is 19.8. The maximum atomic E-state index is 12.9. The lowest BCUT2D eigenvalue weighted by Gasteiger charge is -2.17. The van der Waals surface area contributed by atoms with E-state index < -0.39 is 0 Å². The van der Waals surface area contributed by atoms with E-state index in [-0.39, 0.29) is 24.4 Å². The van der Waals surface area contributed by atoms with Gasteiger partial charge < -0.3 is 29.6 Å². The summed E-state index contributed by atoms with van der Waals surface area (Å²) in [6.07, 6.45) is 5.95. The highest BCUT2D eigenvalue weighted by Crippen LogP contribution is 2.38. The van der Waals surface area contributed by atoms with Gasteiger partial charge in [0.1, 0.15) is 5.75 Å². The van der Waals surface area contributed by atoms with Crippen LogP contribution in [-0.4, -0.2) is 57.5 Å². The van der Waals surface area contributed by atoms with Gasteiger partial charge in [-0.15, -0.1) is 6.58 Å². The van der Waals surface area contributed by atoms with Crippen LogP contribution in [0.25, 0.3) is 0 Å². The molecular formula is C31H36N4O6. The van der Waals surface area contributed by atoms with Gasteiger partial charge in [0.05, 0.1) is 34.0 Å². The fourth-order valence-electron chi connectivity index (χ4n) is 4.15.